The van der Waals surface area contributed by atoms with E-state index >= 15 is 0 Å². The van der Waals surface area contributed by atoms with E-state index in [1.54, 1.807) is 0 Å². The SMILES string of the molecule is [S]=[Re](=[S])(=[S])[S-]. The molecule has 0 amide bonds. The summed E-state index contributed by atoms with van der Waals surface area (Å²) in [5.74, 6) is 0. The summed E-state index contributed by atoms with van der Waals surface area (Å²) >= 11 is 0. The van der Waals surface area contributed by atoms with Gasteiger partial charge in [-0.2, -0.15) is 0 Å². The van der Waals surface area contributed by atoms with Crippen LogP contribution in [0.4, 0.5) is 0 Å². The normalized spacial score (nSPS) is 11.4. The second-order valence-corrected chi connectivity index (χ2v) is 27.8. The van der Waals surface area contributed by atoms with E-state index in [1.165, 1.54) is 0 Å². The van der Waals surface area contributed by atoms with E-state index in [1.807, 2.05) is 0 Å². The van der Waals surface area contributed by atoms with E-state index in [2.05, 4.69) is 40.3 Å². The van der Waals surface area contributed by atoms with E-state index < -0.39 is 8.92 Å². The van der Waals surface area contributed by atoms with E-state index in [4.69, 9.17) is 0 Å². The van der Waals surface area contributed by atoms with Crippen molar-refractivity contribution in [2.24, 2.45) is 0 Å². The quantitative estimate of drug-likeness (QED) is 0.626. The van der Waals surface area contributed by atoms with Gasteiger partial charge in [-0.3, -0.25) is 0 Å². The molecular weight excluding hydrogens is 314 g/mol. The van der Waals surface area contributed by atoms with Crippen molar-refractivity contribution in [3.63, 3.8) is 0 Å². The molecule has 0 aliphatic rings. The molecule has 32 valence electrons. The van der Waals surface area contributed by atoms with Gasteiger partial charge in [0.05, 0.1) is 0 Å². The van der Waals surface area contributed by atoms with Crippen LogP contribution in [0.2, 0.25) is 0 Å². The number of hydrogen-bond acceptors (Lipinski definition) is 4. The second kappa shape index (κ2) is 2.10. The van der Waals surface area contributed by atoms with Crippen molar-refractivity contribution in [1.82, 2.24) is 0 Å². The summed E-state index contributed by atoms with van der Waals surface area (Å²) in [6.45, 7) is 0. The summed E-state index contributed by atoms with van der Waals surface area (Å²) in [6, 6.07) is 0. The summed E-state index contributed by atoms with van der Waals surface area (Å²) in [6.07, 6.45) is 0. The summed E-state index contributed by atoms with van der Waals surface area (Å²) in [7, 11) is 15.1. The van der Waals surface area contributed by atoms with Gasteiger partial charge in [0.25, 0.3) is 0 Å². The van der Waals surface area contributed by atoms with Crippen LogP contribution in [0.1, 0.15) is 0 Å². The van der Waals surface area contributed by atoms with Crippen LogP contribution in [0.15, 0.2) is 0 Å². The van der Waals surface area contributed by atoms with Crippen LogP contribution in [0.25, 0.3) is 0 Å². The third-order valence-corrected chi connectivity index (χ3v) is 0. The van der Waals surface area contributed by atoms with Crippen molar-refractivity contribution in [3.05, 3.63) is 0 Å². The van der Waals surface area contributed by atoms with E-state index in [0.29, 0.717) is 0 Å². The Morgan fingerprint density at radius 2 is 1.20 bits per heavy atom. The van der Waals surface area contributed by atoms with Gasteiger partial charge < -0.3 is 0 Å². The van der Waals surface area contributed by atoms with Crippen molar-refractivity contribution in [1.29, 1.82) is 0 Å². The van der Waals surface area contributed by atoms with Crippen LogP contribution in [0, 0.1) is 0 Å². The molecule has 5 heavy (non-hydrogen) atoms. The molecule has 0 N–H and O–H groups in total. The molecule has 0 aliphatic carbocycles. The van der Waals surface area contributed by atoms with E-state index in [-0.39, 0.29) is 0 Å². The minimum atomic E-state index is -2.78. The van der Waals surface area contributed by atoms with Gasteiger partial charge in [0, 0.05) is 0 Å². The molecule has 0 unspecified atom stereocenters. The Balaban J connectivity index is 4.87. The fraction of sp³-hybridized carbons (Fsp3) is 0. The first-order valence-electron chi connectivity index (χ1n) is 0.617. The van der Waals surface area contributed by atoms with Gasteiger partial charge >= 0.3 is 49.2 Å². The first-order valence-corrected chi connectivity index (χ1v) is 15.2. The number of rotatable bonds is 0. The Labute approximate surface area is 48.7 Å². The van der Waals surface area contributed by atoms with Gasteiger partial charge in [0.2, 0.25) is 0 Å². The molecule has 0 aromatic carbocycles. The molecule has 0 aliphatic heterocycles. The molecular formula is ReS4-. The molecule has 0 aromatic heterocycles. The fourth-order valence-electron chi connectivity index (χ4n) is 0. The van der Waals surface area contributed by atoms with Gasteiger partial charge in [-0.05, 0) is 0 Å². The Morgan fingerprint density at radius 1 is 1.20 bits per heavy atom. The molecule has 0 radical (unpaired) electrons. The van der Waals surface area contributed by atoms with Gasteiger partial charge in [-0.1, -0.05) is 0 Å². The summed E-state index contributed by atoms with van der Waals surface area (Å²) in [4.78, 5) is 0. The monoisotopic (exact) mass is 315 g/mol. The third-order valence-electron chi connectivity index (χ3n) is 0. The van der Waals surface area contributed by atoms with Crippen LogP contribution < -0.4 is 0 Å². The molecule has 0 saturated heterocycles. The molecule has 5 heteroatoms. The molecule has 0 atom stereocenters. The van der Waals surface area contributed by atoms with Gasteiger partial charge in [0.1, 0.15) is 0 Å². The predicted molar refractivity (Wildman–Crippen MR) is 30.1 cm³/mol. The van der Waals surface area contributed by atoms with Crippen molar-refractivity contribution in [3.8, 4) is 0 Å². The molecule has 0 rings (SSSR count). The van der Waals surface area contributed by atoms with Crippen LogP contribution in [-0.2, 0) is 19.4 Å². The second-order valence-electron chi connectivity index (χ2n) is 0.378. The van der Waals surface area contributed by atoms with Gasteiger partial charge in [0.15, 0.2) is 0 Å². The Bertz CT molecular complexity index is 125. The topological polar surface area (TPSA) is 0 Å². The van der Waals surface area contributed by atoms with Crippen LogP contribution in [0.5, 0.6) is 0 Å². The molecule has 0 fully saturated rings. The van der Waals surface area contributed by atoms with Crippen molar-refractivity contribution < 1.29 is 8.92 Å². The van der Waals surface area contributed by atoms with Crippen molar-refractivity contribution in [2.45, 2.75) is 0 Å². The number of hydrogen-bond donors (Lipinski definition) is 0. The summed E-state index contributed by atoms with van der Waals surface area (Å²) in [5.41, 5.74) is 0. The minimum absolute atomic E-state index is 2.78. The first-order chi connectivity index (χ1) is 2.00. The first kappa shape index (κ1) is 6.67. The molecule has 0 bridgehead atoms. The van der Waals surface area contributed by atoms with Crippen LogP contribution in [0.3, 0.4) is 0 Å². The van der Waals surface area contributed by atoms with Crippen molar-refractivity contribution >= 4 is 40.3 Å². The Hall–Kier alpha value is 1.67. The summed E-state index contributed by atoms with van der Waals surface area (Å²) < 4.78 is 0. The van der Waals surface area contributed by atoms with Crippen LogP contribution >= 0.6 is 29.8 Å². The maximum absolute atomic E-state index is 4.47. The standard InChI is InChI=1S/Re.4S/q;;;;-1. The molecule has 0 spiro atoms. The molecule has 0 saturated carbocycles. The Morgan fingerprint density at radius 3 is 1.20 bits per heavy atom. The Kier molecular flexibility index (Phi) is 2.81. The van der Waals surface area contributed by atoms with E-state index in [9.17, 15) is 0 Å². The predicted octanol–water partition coefficient (Wildman–Crippen LogP) is 1.94. The zero-order valence-electron chi connectivity index (χ0n) is 2.01. The molecule has 0 aromatic rings. The zero-order valence-corrected chi connectivity index (χ0v) is 7.99. The van der Waals surface area contributed by atoms with Gasteiger partial charge in [-0.25, -0.2) is 0 Å². The summed E-state index contributed by atoms with van der Waals surface area (Å²) in [5, 5.41) is 0. The van der Waals surface area contributed by atoms with Gasteiger partial charge in [-0.15, -0.1) is 0 Å². The third kappa shape index (κ3) is 27.4. The molecule has 0 nitrogen and oxygen atoms in total. The van der Waals surface area contributed by atoms with Crippen LogP contribution in [-0.4, -0.2) is 0 Å². The fourth-order valence-corrected chi connectivity index (χ4v) is 0. The van der Waals surface area contributed by atoms with E-state index in [0.717, 1.165) is 0 Å². The zero-order chi connectivity index (χ0) is 4.50. The average Bonchev–Trinajstić information content (AvgIpc) is 0.722. The molecule has 0 heterocycles. The average molecular weight is 314 g/mol. The van der Waals surface area contributed by atoms with Crippen molar-refractivity contribution in [2.75, 3.05) is 0 Å². The maximum atomic E-state index is 4.47.